The van der Waals surface area contributed by atoms with Crippen LogP contribution in [0.1, 0.15) is 5.69 Å². The van der Waals surface area contributed by atoms with Gasteiger partial charge in [0.1, 0.15) is 11.3 Å². The largest absolute Gasteiger partial charge is 0.494 e. The maximum atomic E-state index is 13.8. The molecule has 0 aliphatic rings. The first-order valence-corrected chi connectivity index (χ1v) is 9.43. The summed E-state index contributed by atoms with van der Waals surface area (Å²) in [5.41, 5.74) is 4.12. The first kappa shape index (κ1) is 17.0. The highest BCUT2D eigenvalue weighted by atomic mass is 79.9. The van der Waals surface area contributed by atoms with Crippen LogP contribution in [0, 0.1) is 12.7 Å². The minimum absolute atomic E-state index is 0.210. The van der Waals surface area contributed by atoms with E-state index in [2.05, 4.69) is 31.2 Å². The van der Waals surface area contributed by atoms with Crippen LogP contribution in [0.5, 0.6) is 5.75 Å². The number of hydrogen-bond donors (Lipinski definition) is 1. The summed E-state index contributed by atoms with van der Waals surface area (Å²) in [5.74, 6) is -0.209. The van der Waals surface area contributed by atoms with E-state index in [-0.39, 0.29) is 5.75 Å². The molecule has 0 fully saturated rings. The van der Waals surface area contributed by atoms with Gasteiger partial charge in [0, 0.05) is 27.8 Å². The first-order chi connectivity index (χ1) is 12.5. The van der Waals surface area contributed by atoms with E-state index in [1.54, 1.807) is 12.1 Å². The molecule has 0 saturated carbocycles. The topological polar surface area (TPSA) is 51.5 Å². The lowest BCUT2D eigenvalue weighted by Gasteiger charge is -2.05. The number of ether oxygens (including phenoxy) is 1. The Morgan fingerprint density at radius 2 is 2.08 bits per heavy atom. The van der Waals surface area contributed by atoms with Gasteiger partial charge in [-0.1, -0.05) is 0 Å². The van der Waals surface area contributed by atoms with Crippen LogP contribution in [0.3, 0.4) is 0 Å². The lowest BCUT2D eigenvalue weighted by molar-refractivity contribution is 0.386. The Bertz CT molecular complexity index is 1110. The molecule has 0 aliphatic heterocycles. The summed E-state index contributed by atoms with van der Waals surface area (Å²) in [6, 6.07) is 8.62. The Hall–Kier alpha value is -2.45. The number of halogens is 2. The molecule has 0 unspecified atom stereocenters. The molecule has 4 aromatic rings. The van der Waals surface area contributed by atoms with Crippen LogP contribution < -0.4 is 10.1 Å². The molecule has 0 amide bonds. The fourth-order valence-electron chi connectivity index (χ4n) is 2.75. The zero-order valence-corrected chi connectivity index (χ0v) is 16.4. The van der Waals surface area contributed by atoms with Gasteiger partial charge in [0.2, 0.25) is 0 Å². The zero-order chi connectivity index (χ0) is 18.3. The van der Waals surface area contributed by atoms with E-state index in [0.717, 1.165) is 27.2 Å². The third-order valence-corrected chi connectivity index (χ3v) is 5.13. The normalized spacial score (nSPS) is 11.1. The number of aryl methyl sites for hydroxylation is 1. The second kappa shape index (κ2) is 6.69. The average molecular weight is 433 g/mol. The summed E-state index contributed by atoms with van der Waals surface area (Å²) in [4.78, 5) is 9.22. The van der Waals surface area contributed by atoms with Gasteiger partial charge in [0.25, 0.3) is 0 Å². The molecule has 0 atom stereocenters. The molecule has 4 rings (SSSR count). The lowest BCUT2D eigenvalue weighted by Crippen LogP contribution is -1.94. The van der Waals surface area contributed by atoms with E-state index >= 15 is 0 Å². The van der Waals surface area contributed by atoms with Gasteiger partial charge >= 0.3 is 0 Å². The molecule has 3 aromatic heterocycles. The van der Waals surface area contributed by atoms with Crippen molar-refractivity contribution < 1.29 is 9.13 Å². The van der Waals surface area contributed by atoms with Crippen LogP contribution in [0.4, 0.5) is 15.2 Å². The summed E-state index contributed by atoms with van der Waals surface area (Å²) in [7, 11) is 1.44. The van der Waals surface area contributed by atoms with Crippen molar-refractivity contribution in [2.24, 2.45) is 0 Å². The molecule has 26 heavy (non-hydrogen) atoms. The van der Waals surface area contributed by atoms with Crippen molar-refractivity contribution in [2.45, 2.75) is 6.92 Å². The van der Waals surface area contributed by atoms with Crippen LogP contribution in [-0.4, -0.2) is 21.5 Å². The van der Waals surface area contributed by atoms with E-state index in [4.69, 9.17) is 4.74 Å². The smallest absolute Gasteiger partial charge is 0.187 e. The third kappa shape index (κ3) is 3.06. The van der Waals surface area contributed by atoms with Crippen molar-refractivity contribution >= 4 is 43.7 Å². The molecule has 8 heteroatoms. The van der Waals surface area contributed by atoms with Crippen molar-refractivity contribution in [2.75, 3.05) is 12.4 Å². The molecule has 0 saturated heterocycles. The maximum absolute atomic E-state index is 13.8. The van der Waals surface area contributed by atoms with Gasteiger partial charge in [-0.15, -0.1) is 11.3 Å². The van der Waals surface area contributed by atoms with Gasteiger partial charge in [-0.25, -0.2) is 14.4 Å². The van der Waals surface area contributed by atoms with Crippen molar-refractivity contribution in [3.05, 3.63) is 57.9 Å². The van der Waals surface area contributed by atoms with Gasteiger partial charge in [-0.3, -0.25) is 4.40 Å². The van der Waals surface area contributed by atoms with Crippen LogP contribution in [0.15, 0.2) is 46.4 Å². The van der Waals surface area contributed by atoms with Crippen LogP contribution in [-0.2, 0) is 0 Å². The van der Waals surface area contributed by atoms with Crippen molar-refractivity contribution in [1.29, 1.82) is 0 Å². The number of methoxy groups -OCH3 is 1. The number of pyridine rings is 1. The zero-order valence-electron chi connectivity index (χ0n) is 14.0. The molecule has 5 nitrogen and oxygen atoms in total. The average Bonchev–Trinajstić information content (AvgIpc) is 3.18. The highest BCUT2D eigenvalue weighted by molar-refractivity contribution is 9.10. The number of hydrogen-bond acceptors (Lipinski definition) is 5. The summed E-state index contributed by atoms with van der Waals surface area (Å²) >= 11 is 4.94. The fraction of sp³-hybridized carbons (Fsp3) is 0.111. The van der Waals surface area contributed by atoms with Crippen molar-refractivity contribution in [3.63, 3.8) is 0 Å². The molecule has 0 radical (unpaired) electrons. The number of aromatic nitrogens is 3. The third-order valence-electron chi connectivity index (χ3n) is 3.91. The summed E-state index contributed by atoms with van der Waals surface area (Å²) in [5, 5.41) is 5.76. The molecule has 0 bridgehead atoms. The molecule has 132 valence electrons. The number of rotatable bonds is 4. The van der Waals surface area contributed by atoms with E-state index < -0.39 is 5.82 Å². The lowest BCUT2D eigenvalue weighted by atomic mass is 10.3. The molecule has 1 aromatic carbocycles. The Morgan fingerprint density at radius 3 is 2.85 bits per heavy atom. The Balaban J connectivity index is 1.68. The van der Waals surface area contributed by atoms with Crippen LogP contribution in [0.2, 0.25) is 0 Å². The first-order valence-electron chi connectivity index (χ1n) is 7.76. The van der Waals surface area contributed by atoms with Gasteiger partial charge in [-0.2, -0.15) is 0 Å². The van der Waals surface area contributed by atoms with Crippen molar-refractivity contribution in [3.8, 4) is 17.1 Å². The maximum Gasteiger partial charge on any atom is 0.187 e. The minimum Gasteiger partial charge on any atom is -0.494 e. The van der Waals surface area contributed by atoms with E-state index in [1.807, 2.05) is 35.0 Å². The monoisotopic (exact) mass is 432 g/mol. The summed E-state index contributed by atoms with van der Waals surface area (Å²) in [6.45, 7) is 1.96. The van der Waals surface area contributed by atoms with Crippen LogP contribution >= 0.6 is 27.3 Å². The number of benzene rings is 1. The Morgan fingerprint density at radius 1 is 1.23 bits per heavy atom. The van der Waals surface area contributed by atoms with Gasteiger partial charge in [0.05, 0.1) is 18.5 Å². The second-order valence-electron chi connectivity index (χ2n) is 5.63. The van der Waals surface area contributed by atoms with E-state index in [9.17, 15) is 4.39 Å². The molecule has 3 heterocycles. The predicted octanol–water partition coefficient (Wildman–Crippen LogP) is 5.42. The van der Waals surface area contributed by atoms with Gasteiger partial charge in [-0.05, 0) is 47.1 Å². The highest BCUT2D eigenvalue weighted by Gasteiger charge is 2.15. The standard InChI is InChI=1S/C18H14BrFN4OS/c1-10-17(24-8-11(19)3-6-16(24)21-10)14-9-26-18(23-14)22-12-4-5-15(25-2)13(20)7-12/h3-9H,1-2H3,(H,22,23). The second-order valence-corrected chi connectivity index (χ2v) is 7.41. The number of fused-ring (bicyclic) bond motifs is 1. The Kier molecular flexibility index (Phi) is 4.37. The number of imidazole rings is 1. The number of nitrogens with zero attached hydrogens (tertiary/aromatic N) is 3. The quantitative estimate of drug-likeness (QED) is 0.467. The van der Waals surface area contributed by atoms with Gasteiger partial charge < -0.3 is 10.1 Å². The molecule has 1 N–H and O–H groups in total. The SMILES string of the molecule is COc1ccc(Nc2nc(-c3c(C)nc4ccc(Br)cn34)cs2)cc1F. The van der Waals surface area contributed by atoms with E-state index in [0.29, 0.717) is 10.8 Å². The molecule has 0 spiro atoms. The molecular formula is C18H14BrFN4OS. The van der Waals surface area contributed by atoms with Gasteiger partial charge in [0.15, 0.2) is 16.7 Å². The highest BCUT2D eigenvalue weighted by Crippen LogP contribution is 2.31. The fourth-order valence-corrected chi connectivity index (χ4v) is 3.80. The van der Waals surface area contributed by atoms with E-state index in [1.165, 1.54) is 24.5 Å². The Labute approximate surface area is 161 Å². The summed E-state index contributed by atoms with van der Waals surface area (Å²) < 4.78 is 21.8. The summed E-state index contributed by atoms with van der Waals surface area (Å²) in [6.07, 6.45) is 1.97. The molecular weight excluding hydrogens is 419 g/mol. The number of anilines is 2. The predicted molar refractivity (Wildman–Crippen MR) is 105 cm³/mol. The number of thiazole rings is 1. The molecule has 0 aliphatic carbocycles. The number of nitrogens with one attached hydrogen (secondary N) is 1. The minimum atomic E-state index is -0.420. The van der Waals surface area contributed by atoms with Crippen molar-refractivity contribution in [1.82, 2.24) is 14.4 Å². The van der Waals surface area contributed by atoms with Crippen LogP contribution in [0.25, 0.3) is 17.0 Å².